The van der Waals surface area contributed by atoms with Crippen LogP contribution in [0.1, 0.15) is 67.7 Å². The first-order valence-corrected chi connectivity index (χ1v) is 7.08. The van der Waals surface area contributed by atoms with Crippen molar-refractivity contribution in [1.29, 1.82) is 0 Å². The van der Waals surface area contributed by atoms with Gasteiger partial charge in [0, 0.05) is 6.42 Å². The lowest BCUT2D eigenvalue weighted by molar-refractivity contribution is -0.143. The van der Waals surface area contributed by atoms with E-state index in [1.54, 1.807) is 0 Å². The van der Waals surface area contributed by atoms with E-state index in [9.17, 15) is 4.79 Å². The highest BCUT2D eigenvalue weighted by Crippen LogP contribution is 2.40. The summed E-state index contributed by atoms with van der Waals surface area (Å²) in [5.74, 6) is 0.432. The number of hydrogen-bond donors (Lipinski definition) is 0. The summed E-state index contributed by atoms with van der Waals surface area (Å²) < 4.78 is 5.02. The van der Waals surface area contributed by atoms with Crippen LogP contribution in [0, 0.1) is 11.3 Å². The van der Waals surface area contributed by atoms with E-state index in [0.29, 0.717) is 18.9 Å². The summed E-state index contributed by atoms with van der Waals surface area (Å²) in [6.07, 6.45) is 2.50. The van der Waals surface area contributed by atoms with Crippen LogP contribution in [0.5, 0.6) is 0 Å². The van der Waals surface area contributed by atoms with Gasteiger partial charge in [0.2, 0.25) is 0 Å². The molecule has 2 heteroatoms. The van der Waals surface area contributed by atoms with Crippen molar-refractivity contribution in [2.45, 2.75) is 67.7 Å². The summed E-state index contributed by atoms with van der Waals surface area (Å²) >= 11 is 0. The smallest absolute Gasteiger partial charge is 0.305 e. The first kappa shape index (κ1) is 17.2. The van der Waals surface area contributed by atoms with E-state index in [-0.39, 0.29) is 11.4 Å². The third-order valence-electron chi connectivity index (χ3n) is 4.50. The molecule has 2 nitrogen and oxygen atoms in total. The summed E-state index contributed by atoms with van der Waals surface area (Å²) in [4.78, 5) is 11.5. The molecule has 2 atom stereocenters. The molecule has 0 radical (unpaired) electrons. The van der Waals surface area contributed by atoms with Crippen LogP contribution < -0.4 is 0 Å². The molecule has 106 valence electrons. The maximum atomic E-state index is 11.5. The Labute approximate surface area is 113 Å². The highest BCUT2D eigenvalue weighted by Gasteiger charge is 2.31. The lowest BCUT2D eigenvalue weighted by atomic mass is 9.69. The number of allylic oxidation sites excluding steroid dienone is 2. The van der Waals surface area contributed by atoms with Crippen LogP contribution in [0.2, 0.25) is 0 Å². The molecule has 0 fully saturated rings. The van der Waals surface area contributed by atoms with Gasteiger partial charge in [0.25, 0.3) is 0 Å². The average Bonchev–Trinajstić information content (AvgIpc) is 2.34. The lowest BCUT2D eigenvalue weighted by Gasteiger charge is -2.36. The Morgan fingerprint density at radius 1 is 1.22 bits per heavy atom. The molecule has 0 rings (SSSR count). The van der Waals surface area contributed by atoms with E-state index >= 15 is 0 Å². The Hall–Kier alpha value is -0.790. The average molecular weight is 254 g/mol. The van der Waals surface area contributed by atoms with Gasteiger partial charge in [0.05, 0.1) is 6.61 Å². The molecule has 0 amide bonds. The Bertz CT molecular complexity index is 300. The van der Waals surface area contributed by atoms with Crippen molar-refractivity contribution in [3.05, 3.63) is 11.1 Å². The molecule has 0 heterocycles. The van der Waals surface area contributed by atoms with Gasteiger partial charge in [-0.1, -0.05) is 38.3 Å². The molecule has 18 heavy (non-hydrogen) atoms. The fraction of sp³-hybridized carbons (Fsp3) is 0.812. The summed E-state index contributed by atoms with van der Waals surface area (Å²) in [6, 6.07) is 0. The Kier molecular flexibility index (Phi) is 7.27. The van der Waals surface area contributed by atoms with Gasteiger partial charge in [-0.15, -0.1) is 0 Å². The minimum Gasteiger partial charge on any atom is -0.466 e. The molecule has 2 unspecified atom stereocenters. The second-order valence-electron chi connectivity index (χ2n) is 5.72. The zero-order valence-corrected chi connectivity index (χ0v) is 13.2. The standard InChI is InChI=1S/C16H30O2/c1-8-16(7,11-10-15(17)18-9-2)14(6)13(5)12(3)4/h14H,8-11H2,1-7H3. The lowest BCUT2D eigenvalue weighted by Crippen LogP contribution is -2.27. The van der Waals surface area contributed by atoms with Crippen molar-refractivity contribution in [2.75, 3.05) is 6.61 Å². The van der Waals surface area contributed by atoms with Crippen LogP contribution in [0.15, 0.2) is 11.1 Å². The fourth-order valence-corrected chi connectivity index (χ4v) is 2.28. The second-order valence-corrected chi connectivity index (χ2v) is 5.72. The number of carbonyl (C=O) groups excluding carboxylic acids is 1. The molecular formula is C16H30O2. The molecule has 0 spiro atoms. The zero-order valence-electron chi connectivity index (χ0n) is 13.2. The van der Waals surface area contributed by atoms with Crippen LogP contribution in [0.4, 0.5) is 0 Å². The molecule has 0 aliphatic carbocycles. The number of rotatable bonds is 7. The quantitative estimate of drug-likeness (QED) is 0.484. The number of hydrogen-bond acceptors (Lipinski definition) is 2. The van der Waals surface area contributed by atoms with Crippen molar-refractivity contribution in [1.82, 2.24) is 0 Å². The molecule has 0 aromatic carbocycles. The monoisotopic (exact) mass is 254 g/mol. The highest BCUT2D eigenvalue weighted by atomic mass is 16.5. The Balaban J connectivity index is 4.71. The molecule has 0 saturated carbocycles. The van der Waals surface area contributed by atoms with Crippen LogP contribution in [-0.2, 0) is 9.53 Å². The Morgan fingerprint density at radius 2 is 1.78 bits per heavy atom. The van der Waals surface area contributed by atoms with Gasteiger partial charge in [0.15, 0.2) is 0 Å². The topological polar surface area (TPSA) is 26.3 Å². The minimum absolute atomic E-state index is 0.0702. The van der Waals surface area contributed by atoms with Crippen LogP contribution >= 0.6 is 0 Å². The van der Waals surface area contributed by atoms with E-state index in [1.165, 1.54) is 11.1 Å². The van der Waals surface area contributed by atoms with Crippen molar-refractivity contribution in [2.24, 2.45) is 11.3 Å². The van der Waals surface area contributed by atoms with E-state index in [4.69, 9.17) is 4.74 Å². The molecular weight excluding hydrogens is 224 g/mol. The van der Waals surface area contributed by atoms with Crippen LogP contribution in [0.25, 0.3) is 0 Å². The largest absolute Gasteiger partial charge is 0.466 e. The molecule has 0 aliphatic rings. The summed E-state index contributed by atoms with van der Waals surface area (Å²) in [5, 5.41) is 0. The van der Waals surface area contributed by atoms with Gasteiger partial charge in [-0.2, -0.15) is 0 Å². The van der Waals surface area contributed by atoms with Gasteiger partial charge >= 0.3 is 5.97 Å². The van der Waals surface area contributed by atoms with Crippen LogP contribution in [-0.4, -0.2) is 12.6 Å². The zero-order chi connectivity index (χ0) is 14.3. The van der Waals surface area contributed by atoms with Crippen LogP contribution in [0.3, 0.4) is 0 Å². The first-order valence-electron chi connectivity index (χ1n) is 7.08. The molecule has 0 aromatic heterocycles. The molecule has 0 N–H and O–H groups in total. The van der Waals surface area contributed by atoms with E-state index in [0.717, 1.165) is 12.8 Å². The van der Waals surface area contributed by atoms with Gasteiger partial charge in [0.1, 0.15) is 0 Å². The maximum absolute atomic E-state index is 11.5. The summed E-state index contributed by atoms with van der Waals surface area (Å²) in [6.45, 7) is 15.6. The predicted molar refractivity (Wildman–Crippen MR) is 77.5 cm³/mol. The van der Waals surface area contributed by atoms with Crippen molar-refractivity contribution >= 4 is 5.97 Å². The summed E-state index contributed by atoms with van der Waals surface area (Å²) in [5.41, 5.74) is 3.01. The van der Waals surface area contributed by atoms with Gasteiger partial charge in [-0.3, -0.25) is 4.79 Å². The second kappa shape index (κ2) is 7.60. The normalized spacial score (nSPS) is 15.7. The Morgan fingerprint density at radius 3 is 2.17 bits per heavy atom. The molecule has 0 saturated heterocycles. The minimum atomic E-state index is -0.0702. The fourth-order valence-electron chi connectivity index (χ4n) is 2.28. The van der Waals surface area contributed by atoms with E-state index in [1.807, 2.05) is 6.92 Å². The highest BCUT2D eigenvalue weighted by molar-refractivity contribution is 5.69. The third kappa shape index (κ3) is 4.83. The van der Waals surface area contributed by atoms with E-state index < -0.39 is 0 Å². The van der Waals surface area contributed by atoms with Crippen molar-refractivity contribution in [3.8, 4) is 0 Å². The number of esters is 1. The van der Waals surface area contributed by atoms with Crippen molar-refractivity contribution in [3.63, 3.8) is 0 Å². The van der Waals surface area contributed by atoms with Gasteiger partial charge in [-0.05, 0) is 45.4 Å². The SMILES string of the molecule is CCOC(=O)CCC(C)(CC)C(C)C(C)=C(C)C. The summed E-state index contributed by atoms with van der Waals surface area (Å²) in [7, 11) is 0. The van der Waals surface area contributed by atoms with Crippen molar-refractivity contribution < 1.29 is 9.53 Å². The number of carbonyl (C=O) groups is 1. The van der Waals surface area contributed by atoms with E-state index in [2.05, 4.69) is 41.5 Å². The maximum Gasteiger partial charge on any atom is 0.305 e. The third-order valence-corrected chi connectivity index (χ3v) is 4.50. The predicted octanol–water partition coefficient (Wildman–Crippen LogP) is 4.74. The molecule has 0 bridgehead atoms. The van der Waals surface area contributed by atoms with Gasteiger partial charge in [-0.25, -0.2) is 0 Å². The van der Waals surface area contributed by atoms with Gasteiger partial charge < -0.3 is 4.74 Å². The first-order chi connectivity index (χ1) is 8.28. The molecule has 0 aliphatic heterocycles. The number of ether oxygens (including phenoxy) is 1. The molecule has 0 aromatic rings.